The van der Waals surface area contributed by atoms with Crippen LogP contribution in [0.15, 0.2) is 207 Å². The van der Waals surface area contributed by atoms with Crippen LogP contribution in [-0.4, -0.2) is 19.5 Å². The van der Waals surface area contributed by atoms with Gasteiger partial charge in [-0.1, -0.05) is 153 Å². The summed E-state index contributed by atoms with van der Waals surface area (Å²) in [4.78, 5) is 17.0. The monoisotopic (exact) mass is 741 g/mol. The Bertz CT molecular complexity index is 2680. The molecule has 0 saturated carbocycles. The number of nitrogens with zero attached hydrogens (tertiary/aromatic N) is 5. The Morgan fingerprint density at radius 2 is 1.49 bits per heavy atom. The first-order chi connectivity index (χ1) is 28.0. The number of hydrogen-bond donors (Lipinski definition) is 0. The lowest BCUT2D eigenvalue weighted by atomic mass is 10.0. The molecule has 0 spiro atoms. The highest BCUT2D eigenvalue weighted by Crippen LogP contribution is 2.36. The van der Waals surface area contributed by atoms with Crippen LogP contribution in [0.1, 0.15) is 38.1 Å². The summed E-state index contributed by atoms with van der Waals surface area (Å²) in [6.07, 6.45) is 29.0. The van der Waals surface area contributed by atoms with Crippen LogP contribution in [0.25, 0.3) is 56.4 Å². The number of rotatable bonds is 12. The first kappa shape index (κ1) is 38.2. The molecule has 0 fully saturated rings. The van der Waals surface area contributed by atoms with Crippen LogP contribution in [0, 0.1) is 0 Å². The highest BCUT2D eigenvalue weighted by molar-refractivity contribution is 6.13. The Hall–Kier alpha value is -7.11. The molecule has 0 radical (unpaired) electrons. The van der Waals surface area contributed by atoms with Gasteiger partial charge in [-0.2, -0.15) is 0 Å². The maximum atomic E-state index is 4.98. The zero-order valence-corrected chi connectivity index (χ0v) is 32.7. The Balaban J connectivity index is 1.33. The molecular weight excluding hydrogens is 695 g/mol. The topological polar surface area (TPSA) is 46.8 Å². The summed E-state index contributed by atoms with van der Waals surface area (Å²) < 4.78 is 2.34. The normalized spacial score (nSPS) is 16.8. The van der Waals surface area contributed by atoms with Crippen molar-refractivity contribution in [3.63, 3.8) is 0 Å². The highest BCUT2D eigenvalue weighted by atomic mass is 15.2. The summed E-state index contributed by atoms with van der Waals surface area (Å²) in [5, 5.41) is 2.44. The van der Waals surface area contributed by atoms with Gasteiger partial charge >= 0.3 is 0 Å². The van der Waals surface area contributed by atoms with Crippen LogP contribution < -0.4 is 4.90 Å². The van der Waals surface area contributed by atoms with Gasteiger partial charge < -0.3 is 9.47 Å². The molecule has 0 N–H and O–H groups in total. The van der Waals surface area contributed by atoms with Crippen LogP contribution in [0.4, 0.5) is 5.69 Å². The van der Waals surface area contributed by atoms with Crippen molar-refractivity contribution >= 4 is 39.3 Å². The SMILES string of the molecule is C=C/C=C\C=C(/C)n1c2ccccc2c2c(/C=C\C3=C(/C=C)N(c4cccc(-c5nc(C/C=C\C=C)nc(-c6ccccc6)n5)c4)/C(C)=C/C=C\CC3)cccc21. The lowest BCUT2D eigenvalue weighted by Gasteiger charge is -2.29. The number of fused-ring (bicyclic) bond motifs is 3. The van der Waals surface area contributed by atoms with Gasteiger partial charge in [-0.15, -0.1) is 0 Å². The third kappa shape index (κ3) is 8.43. The van der Waals surface area contributed by atoms with Gasteiger partial charge in [0.2, 0.25) is 0 Å². The minimum absolute atomic E-state index is 0.567. The summed E-state index contributed by atoms with van der Waals surface area (Å²) >= 11 is 0. The van der Waals surface area contributed by atoms with Crippen LogP contribution in [0.3, 0.4) is 0 Å². The van der Waals surface area contributed by atoms with E-state index in [9.17, 15) is 0 Å². The fraction of sp³-hybridized carbons (Fsp3) is 0.0962. The lowest BCUT2D eigenvalue weighted by molar-refractivity contribution is 0.947. The highest BCUT2D eigenvalue weighted by Gasteiger charge is 2.19. The predicted octanol–water partition coefficient (Wildman–Crippen LogP) is 13.4. The van der Waals surface area contributed by atoms with Crippen molar-refractivity contribution in [1.82, 2.24) is 19.5 Å². The van der Waals surface area contributed by atoms with Gasteiger partial charge in [-0.3, -0.25) is 0 Å². The van der Waals surface area contributed by atoms with Crippen molar-refractivity contribution in [3.05, 3.63) is 218 Å². The van der Waals surface area contributed by atoms with E-state index in [0.29, 0.717) is 23.9 Å². The van der Waals surface area contributed by atoms with Gasteiger partial charge in [0.15, 0.2) is 11.6 Å². The van der Waals surface area contributed by atoms with E-state index in [4.69, 9.17) is 15.0 Å². The largest absolute Gasteiger partial charge is 0.314 e. The molecule has 0 atom stereocenters. The van der Waals surface area contributed by atoms with Crippen molar-refractivity contribution in [3.8, 4) is 22.8 Å². The molecule has 5 nitrogen and oxygen atoms in total. The maximum Gasteiger partial charge on any atom is 0.163 e. The van der Waals surface area contributed by atoms with Crippen molar-refractivity contribution in [2.75, 3.05) is 4.90 Å². The molecular formula is C52H47N5. The summed E-state index contributed by atoms with van der Waals surface area (Å²) in [6, 6.07) is 33.7. The smallest absolute Gasteiger partial charge is 0.163 e. The Labute approximate surface area is 336 Å². The fourth-order valence-corrected chi connectivity index (χ4v) is 7.33. The molecule has 6 aromatic rings. The zero-order valence-electron chi connectivity index (χ0n) is 32.7. The Kier molecular flexibility index (Phi) is 12.1. The average molecular weight is 742 g/mol. The summed E-state index contributed by atoms with van der Waals surface area (Å²) in [6.45, 7) is 16.3. The van der Waals surface area contributed by atoms with Gasteiger partial charge in [0.1, 0.15) is 5.82 Å². The van der Waals surface area contributed by atoms with E-state index in [1.165, 1.54) is 27.4 Å². The standard InChI is InChI=1S/C52H47N5/c1-6-9-13-23-39(5)57-47-32-20-19-31-45(47)50-41(28-22-33-48(50)57)36-35-40-25-16-11-15-24-38(4)56(46(40)8-3)44-30-21-29-43(37-44)52-54-49(34-14-10-7-2)53-51(55-52)42-26-17-12-18-27-42/h6-15,17-24,26-33,35-37H,1-3,16,25,34H2,4-5H3/b13-9-,14-10-,15-11-,36-35-,38-24+,39-23+,46-40+. The number of allylic oxidation sites excluding steroid dienone is 15. The number of hydrogen-bond acceptors (Lipinski definition) is 4. The molecule has 0 amide bonds. The molecule has 7 rings (SSSR count). The van der Waals surface area contributed by atoms with Crippen molar-refractivity contribution in [1.29, 1.82) is 0 Å². The van der Waals surface area contributed by atoms with Crippen LogP contribution in [0.2, 0.25) is 0 Å². The van der Waals surface area contributed by atoms with E-state index < -0.39 is 0 Å². The minimum Gasteiger partial charge on any atom is -0.314 e. The quantitative estimate of drug-likeness (QED) is 0.117. The Morgan fingerprint density at radius 1 is 0.754 bits per heavy atom. The Morgan fingerprint density at radius 3 is 2.30 bits per heavy atom. The molecule has 0 bridgehead atoms. The lowest BCUT2D eigenvalue weighted by Crippen LogP contribution is -2.20. The molecule has 0 saturated heterocycles. The second kappa shape index (κ2) is 18.0. The molecule has 0 aliphatic carbocycles. The van der Waals surface area contributed by atoms with E-state index in [1.54, 1.807) is 12.2 Å². The molecule has 57 heavy (non-hydrogen) atoms. The molecule has 4 aromatic carbocycles. The van der Waals surface area contributed by atoms with Crippen LogP contribution in [-0.2, 0) is 6.42 Å². The summed E-state index contributed by atoms with van der Waals surface area (Å²) in [5.41, 5.74) is 10.7. The van der Waals surface area contributed by atoms with Crippen LogP contribution in [0.5, 0.6) is 0 Å². The van der Waals surface area contributed by atoms with Crippen molar-refractivity contribution in [2.45, 2.75) is 33.1 Å². The van der Waals surface area contributed by atoms with Crippen molar-refractivity contribution in [2.24, 2.45) is 0 Å². The van der Waals surface area contributed by atoms with Gasteiger partial charge in [0.05, 0.1) is 11.0 Å². The molecule has 5 heteroatoms. The van der Waals surface area contributed by atoms with E-state index >= 15 is 0 Å². The molecule has 280 valence electrons. The number of aromatic nitrogens is 4. The first-order valence-corrected chi connectivity index (χ1v) is 19.3. The van der Waals surface area contributed by atoms with E-state index in [0.717, 1.165) is 52.3 Å². The van der Waals surface area contributed by atoms with E-state index in [1.807, 2.05) is 60.7 Å². The molecule has 3 heterocycles. The van der Waals surface area contributed by atoms with Crippen LogP contribution >= 0.6 is 0 Å². The molecule has 0 unspecified atom stereocenters. The summed E-state index contributed by atoms with van der Waals surface area (Å²) in [5.74, 6) is 1.96. The summed E-state index contributed by atoms with van der Waals surface area (Å²) in [7, 11) is 0. The molecule has 2 aromatic heterocycles. The van der Waals surface area contributed by atoms with Gasteiger partial charge in [-0.25, -0.2) is 15.0 Å². The van der Waals surface area contributed by atoms with Gasteiger partial charge in [0, 0.05) is 51.1 Å². The van der Waals surface area contributed by atoms with Gasteiger partial charge in [0.25, 0.3) is 0 Å². The fourth-order valence-electron chi connectivity index (χ4n) is 7.33. The number of para-hydroxylation sites is 1. The van der Waals surface area contributed by atoms with Crippen molar-refractivity contribution < 1.29 is 0 Å². The maximum absolute atomic E-state index is 4.98. The second-order valence-electron chi connectivity index (χ2n) is 13.8. The number of anilines is 1. The minimum atomic E-state index is 0.567. The molecule has 1 aliphatic heterocycles. The molecule has 1 aliphatic rings. The average Bonchev–Trinajstić information content (AvgIpc) is 3.62. The first-order valence-electron chi connectivity index (χ1n) is 19.3. The predicted molar refractivity (Wildman–Crippen MR) is 243 cm³/mol. The van der Waals surface area contributed by atoms with E-state index in [2.05, 4.69) is 146 Å². The van der Waals surface area contributed by atoms with E-state index in [-0.39, 0.29) is 0 Å². The second-order valence-corrected chi connectivity index (χ2v) is 13.8. The third-order valence-electron chi connectivity index (χ3n) is 9.95. The zero-order chi connectivity index (χ0) is 39.6. The number of benzene rings is 4. The van der Waals surface area contributed by atoms with Gasteiger partial charge in [-0.05, 0) is 80.3 Å². The third-order valence-corrected chi connectivity index (χ3v) is 9.95.